The van der Waals surface area contributed by atoms with Gasteiger partial charge in [-0.2, -0.15) is 4.98 Å². The van der Waals surface area contributed by atoms with E-state index in [-0.39, 0.29) is 23.6 Å². The van der Waals surface area contributed by atoms with E-state index < -0.39 is 0 Å². The van der Waals surface area contributed by atoms with Crippen LogP contribution in [0.4, 0.5) is 17.5 Å². The normalized spacial score (nSPS) is 19.9. The van der Waals surface area contributed by atoms with Crippen molar-refractivity contribution in [3.05, 3.63) is 70.2 Å². The van der Waals surface area contributed by atoms with Gasteiger partial charge in [-0.05, 0) is 68.1 Å². The smallest absolute Gasteiger partial charge is 0.278 e. The molecule has 8 rings (SSSR count). The summed E-state index contributed by atoms with van der Waals surface area (Å²) in [6.07, 6.45) is 9.52. The lowest BCUT2D eigenvalue weighted by Crippen LogP contribution is -2.40. The Kier molecular flexibility index (Phi) is 4.96. The number of aromatic nitrogens is 5. The van der Waals surface area contributed by atoms with Crippen molar-refractivity contribution in [1.82, 2.24) is 29.2 Å². The number of benzene rings is 1. The van der Waals surface area contributed by atoms with Crippen molar-refractivity contribution in [2.24, 2.45) is 0 Å². The van der Waals surface area contributed by atoms with Crippen molar-refractivity contribution < 1.29 is 9.53 Å². The maximum absolute atomic E-state index is 13.5. The van der Waals surface area contributed by atoms with Gasteiger partial charge >= 0.3 is 0 Å². The zero-order valence-electron chi connectivity index (χ0n) is 22.1. The molecule has 3 aromatic heterocycles. The highest BCUT2D eigenvalue weighted by atomic mass is 16.5. The van der Waals surface area contributed by atoms with E-state index in [0.717, 1.165) is 18.7 Å². The monoisotopic (exact) mass is 536 g/mol. The number of nitrogens with zero attached hydrogens (tertiary/aromatic N) is 7. The molecule has 0 saturated heterocycles. The molecule has 6 heterocycles. The molecule has 1 amide bonds. The van der Waals surface area contributed by atoms with E-state index in [1.165, 1.54) is 24.0 Å². The molecule has 1 saturated carbocycles. The summed E-state index contributed by atoms with van der Waals surface area (Å²) in [4.78, 5) is 44.4. The highest BCUT2D eigenvalue weighted by Crippen LogP contribution is 2.53. The first kappa shape index (κ1) is 23.4. The lowest BCUT2D eigenvalue weighted by molar-refractivity contribution is -0.121. The molecule has 2 bridgehead atoms. The fourth-order valence-electron chi connectivity index (χ4n) is 6.31. The minimum absolute atomic E-state index is 0.0166. The van der Waals surface area contributed by atoms with Gasteiger partial charge in [-0.3, -0.25) is 19.4 Å². The number of fused-ring (bicyclic) bond motifs is 7. The summed E-state index contributed by atoms with van der Waals surface area (Å²) < 4.78 is 8.94. The molecule has 0 unspecified atom stereocenters. The molecular formula is C29H28N8O3. The third-order valence-electron chi connectivity index (χ3n) is 8.63. The number of nitrogens with one attached hydrogen (secondary N) is 1. The van der Waals surface area contributed by atoms with Gasteiger partial charge in [0.25, 0.3) is 11.5 Å². The second-order valence-electron chi connectivity index (χ2n) is 10.9. The second kappa shape index (κ2) is 8.49. The summed E-state index contributed by atoms with van der Waals surface area (Å²) in [6, 6.07) is 10.1. The Labute approximate surface area is 229 Å². The fourth-order valence-corrected chi connectivity index (χ4v) is 6.31. The van der Waals surface area contributed by atoms with Crippen molar-refractivity contribution in [3.8, 4) is 11.6 Å². The number of hydrogen-bond donors (Lipinski definition) is 1. The van der Waals surface area contributed by atoms with Gasteiger partial charge in [0.1, 0.15) is 5.39 Å². The molecule has 1 aliphatic carbocycles. The fraction of sp³-hybridized carbons (Fsp3) is 0.345. The number of amides is 1. The minimum Gasteiger partial charge on any atom is -0.480 e. The van der Waals surface area contributed by atoms with Crippen LogP contribution in [0.2, 0.25) is 0 Å². The van der Waals surface area contributed by atoms with Crippen molar-refractivity contribution in [1.29, 1.82) is 0 Å². The Morgan fingerprint density at radius 2 is 1.95 bits per heavy atom. The van der Waals surface area contributed by atoms with Crippen LogP contribution in [0, 0.1) is 0 Å². The van der Waals surface area contributed by atoms with Gasteiger partial charge in [0.2, 0.25) is 5.95 Å². The zero-order chi connectivity index (χ0) is 27.0. The number of anilines is 3. The number of allylic oxidation sites excluding steroid dienone is 1. The first-order valence-corrected chi connectivity index (χ1v) is 13.7. The van der Waals surface area contributed by atoms with Crippen molar-refractivity contribution in [2.45, 2.75) is 37.8 Å². The molecule has 11 nitrogen and oxygen atoms in total. The van der Waals surface area contributed by atoms with Gasteiger partial charge in [-0.15, -0.1) is 0 Å². The molecule has 1 spiro atoms. The molecule has 40 heavy (non-hydrogen) atoms. The van der Waals surface area contributed by atoms with E-state index in [0.29, 0.717) is 53.9 Å². The lowest BCUT2D eigenvalue weighted by Gasteiger charge is -2.35. The standard InChI is InChI=1S/C29H28N8O3/c1-34-14-9-18-5-6-19(15-21(18)29(34)10-11-29)31-28-30-16-20-25(33-28)37-23-8-7-22-26(32-23)35(24(38)17-40-22)12-3-2-4-13-36(37)27(20)39/h2,4-8,15-16H,3,9-14,17H2,1H3,(H,30,31,33)/b4-2+. The number of carbonyl (C=O) groups excluding carboxylic acids is 1. The quantitative estimate of drug-likeness (QED) is 0.390. The molecular weight excluding hydrogens is 508 g/mol. The van der Waals surface area contributed by atoms with Crippen LogP contribution in [0.1, 0.15) is 30.4 Å². The number of likely N-dealkylation sites (N-methyl/N-ethyl adjacent to an activating group) is 1. The van der Waals surface area contributed by atoms with Crippen molar-refractivity contribution in [3.63, 3.8) is 0 Å². The highest BCUT2D eigenvalue weighted by Gasteiger charge is 2.50. The Hall–Kier alpha value is -4.51. The van der Waals surface area contributed by atoms with Crippen LogP contribution < -0.4 is 20.5 Å². The Morgan fingerprint density at radius 3 is 2.83 bits per heavy atom. The van der Waals surface area contributed by atoms with Crippen LogP contribution in [0.15, 0.2) is 53.5 Å². The molecule has 11 heteroatoms. The van der Waals surface area contributed by atoms with E-state index in [9.17, 15) is 9.59 Å². The minimum atomic E-state index is -0.207. The molecule has 1 N–H and O–H groups in total. The predicted octanol–water partition coefficient (Wildman–Crippen LogP) is 2.88. The van der Waals surface area contributed by atoms with Gasteiger partial charge in [0, 0.05) is 30.5 Å². The van der Waals surface area contributed by atoms with Crippen LogP contribution in [0.3, 0.4) is 0 Å². The molecule has 4 aliphatic rings. The summed E-state index contributed by atoms with van der Waals surface area (Å²) in [5.41, 5.74) is 4.09. The molecule has 1 aromatic carbocycles. The van der Waals surface area contributed by atoms with Crippen LogP contribution in [-0.4, -0.2) is 61.9 Å². The third kappa shape index (κ3) is 3.43. The number of ether oxygens (including phenoxy) is 1. The topological polar surface area (TPSA) is 110 Å². The van der Waals surface area contributed by atoms with Crippen LogP contribution in [0.25, 0.3) is 16.9 Å². The number of pyridine rings is 1. The summed E-state index contributed by atoms with van der Waals surface area (Å²) in [5, 5.41) is 3.77. The number of rotatable bonds is 2. The third-order valence-corrected chi connectivity index (χ3v) is 8.63. The summed E-state index contributed by atoms with van der Waals surface area (Å²) in [7, 11) is 2.21. The Morgan fingerprint density at radius 1 is 1.05 bits per heavy atom. The Balaban J connectivity index is 1.24. The molecule has 0 radical (unpaired) electrons. The summed E-state index contributed by atoms with van der Waals surface area (Å²) in [6.45, 7) is 1.89. The van der Waals surface area contributed by atoms with Crippen molar-refractivity contribution >= 4 is 34.4 Å². The highest BCUT2D eigenvalue weighted by molar-refractivity contribution is 5.96. The number of carbonyl (C=O) groups is 1. The number of hydrogen-bond acceptors (Lipinski definition) is 8. The van der Waals surface area contributed by atoms with Gasteiger partial charge in [-0.1, -0.05) is 18.2 Å². The SMILES string of the molecule is CN1CCc2ccc(Nc3ncc4c(=O)n5n(c4n3)-c3ccc4c(n3)N(CC/C=C/C5)C(=O)CO4)cc2C12CC2. The van der Waals surface area contributed by atoms with Gasteiger partial charge in [0.05, 0.1) is 6.54 Å². The molecule has 0 atom stereocenters. The molecule has 202 valence electrons. The zero-order valence-corrected chi connectivity index (χ0v) is 22.1. The lowest BCUT2D eigenvalue weighted by atomic mass is 9.90. The van der Waals surface area contributed by atoms with E-state index in [4.69, 9.17) is 14.7 Å². The molecule has 1 fully saturated rings. The van der Waals surface area contributed by atoms with Gasteiger partial charge in [0.15, 0.2) is 29.6 Å². The van der Waals surface area contributed by atoms with Gasteiger partial charge in [-0.25, -0.2) is 19.3 Å². The Bertz CT molecular complexity index is 1800. The van der Waals surface area contributed by atoms with Crippen LogP contribution in [0.5, 0.6) is 5.75 Å². The van der Waals surface area contributed by atoms with E-state index in [1.807, 2.05) is 12.2 Å². The predicted molar refractivity (Wildman–Crippen MR) is 149 cm³/mol. The van der Waals surface area contributed by atoms with Crippen LogP contribution >= 0.6 is 0 Å². The van der Waals surface area contributed by atoms with Crippen LogP contribution in [-0.2, 0) is 23.3 Å². The summed E-state index contributed by atoms with van der Waals surface area (Å²) >= 11 is 0. The van der Waals surface area contributed by atoms with E-state index in [1.54, 1.807) is 32.6 Å². The molecule has 4 aromatic rings. The first-order chi connectivity index (χ1) is 19.5. The maximum atomic E-state index is 13.5. The largest absolute Gasteiger partial charge is 0.480 e. The molecule has 3 aliphatic heterocycles. The maximum Gasteiger partial charge on any atom is 0.278 e. The van der Waals surface area contributed by atoms with Crippen molar-refractivity contribution in [2.75, 3.05) is 37.0 Å². The second-order valence-corrected chi connectivity index (χ2v) is 10.9. The first-order valence-electron chi connectivity index (χ1n) is 13.7. The van der Waals surface area contributed by atoms with Gasteiger partial charge < -0.3 is 10.1 Å². The van der Waals surface area contributed by atoms with E-state index >= 15 is 0 Å². The average Bonchev–Trinajstić information content (AvgIpc) is 3.72. The average molecular weight is 537 g/mol. The summed E-state index contributed by atoms with van der Waals surface area (Å²) in [5.74, 6) is 1.72. The van der Waals surface area contributed by atoms with E-state index in [2.05, 4.69) is 40.4 Å².